The predicted octanol–water partition coefficient (Wildman–Crippen LogP) is 2.95. The van der Waals surface area contributed by atoms with Crippen molar-refractivity contribution in [1.29, 1.82) is 0 Å². The number of aromatic nitrogens is 1. The fourth-order valence-electron chi connectivity index (χ4n) is 1.25. The minimum absolute atomic E-state index is 0.0968. The summed E-state index contributed by atoms with van der Waals surface area (Å²) in [6.45, 7) is 0.399. The van der Waals surface area contributed by atoms with E-state index >= 15 is 0 Å². The summed E-state index contributed by atoms with van der Waals surface area (Å²) >= 11 is 4.91. The standard InChI is InChI=1S/C10H9BrN2O2S/c11-6-1-2-7-8(5-6)16-10(13-7)12-4-3-9(14)15/h1-2,5H,3-4H2,(H,12,13)(H,14,15). The van der Waals surface area contributed by atoms with Crippen LogP contribution in [0.5, 0.6) is 0 Å². The molecule has 16 heavy (non-hydrogen) atoms. The highest BCUT2D eigenvalue weighted by atomic mass is 79.9. The first kappa shape index (κ1) is 11.3. The Bertz CT molecular complexity index is 527. The Labute approximate surface area is 104 Å². The number of hydrogen-bond acceptors (Lipinski definition) is 4. The number of carboxylic acid groups (broad SMARTS) is 1. The Morgan fingerprint density at radius 2 is 2.38 bits per heavy atom. The van der Waals surface area contributed by atoms with Gasteiger partial charge in [0.15, 0.2) is 5.13 Å². The van der Waals surface area contributed by atoms with E-state index < -0.39 is 5.97 Å². The van der Waals surface area contributed by atoms with Crippen LogP contribution in [0.25, 0.3) is 10.2 Å². The van der Waals surface area contributed by atoms with Gasteiger partial charge in [-0.25, -0.2) is 4.98 Å². The molecule has 2 aromatic rings. The van der Waals surface area contributed by atoms with Crippen LogP contribution in [0.15, 0.2) is 22.7 Å². The summed E-state index contributed by atoms with van der Waals surface area (Å²) in [6.07, 6.45) is 0.0968. The van der Waals surface area contributed by atoms with E-state index in [1.807, 2.05) is 18.2 Å². The third-order valence-electron chi connectivity index (χ3n) is 1.97. The fourth-order valence-corrected chi connectivity index (χ4v) is 2.69. The molecule has 0 saturated heterocycles. The van der Waals surface area contributed by atoms with Gasteiger partial charge in [0.1, 0.15) is 0 Å². The third-order valence-corrected chi connectivity index (χ3v) is 3.43. The molecule has 0 aliphatic carbocycles. The molecule has 0 amide bonds. The second kappa shape index (κ2) is 4.80. The Morgan fingerprint density at radius 3 is 3.12 bits per heavy atom. The Kier molecular flexibility index (Phi) is 3.40. The van der Waals surface area contributed by atoms with E-state index in [9.17, 15) is 4.79 Å². The SMILES string of the molecule is O=C(O)CCNc1nc2ccc(Br)cc2s1. The number of anilines is 1. The summed E-state index contributed by atoms with van der Waals surface area (Å²) in [5.41, 5.74) is 0.922. The average molecular weight is 301 g/mol. The zero-order valence-corrected chi connectivity index (χ0v) is 10.6. The smallest absolute Gasteiger partial charge is 0.305 e. The molecule has 0 atom stereocenters. The minimum Gasteiger partial charge on any atom is -0.481 e. The van der Waals surface area contributed by atoms with Crippen molar-refractivity contribution in [2.24, 2.45) is 0 Å². The average Bonchev–Trinajstić information content (AvgIpc) is 2.58. The Balaban J connectivity index is 2.10. The molecule has 0 radical (unpaired) electrons. The van der Waals surface area contributed by atoms with Crippen LogP contribution in [0.4, 0.5) is 5.13 Å². The molecule has 2 N–H and O–H groups in total. The summed E-state index contributed by atoms with van der Waals surface area (Å²) in [7, 11) is 0. The zero-order valence-electron chi connectivity index (χ0n) is 8.24. The lowest BCUT2D eigenvalue weighted by atomic mass is 10.3. The van der Waals surface area contributed by atoms with E-state index in [4.69, 9.17) is 5.11 Å². The number of nitrogens with one attached hydrogen (secondary N) is 1. The highest BCUT2D eigenvalue weighted by molar-refractivity contribution is 9.10. The van der Waals surface area contributed by atoms with Crippen LogP contribution < -0.4 is 5.32 Å². The number of hydrogen-bond donors (Lipinski definition) is 2. The first-order valence-corrected chi connectivity index (χ1v) is 6.28. The molecule has 0 saturated carbocycles. The largest absolute Gasteiger partial charge is 0.481 e. The number of nitrogens with zero attached hydrogens (tertiary/aromatic N) is 1. The fraction of sp³-hybridized carbons (Fsp3) is 0.200. The number of halogens is 1. The van der Waals surface area contributed by atoms with Crippen LogP contribution in [0.3, 0.4) is 0 Å². The molecule has 84 valence electrons. The van der Waals surface area contributed by atoms with Crippen molar-refractivity contribution in [3.63, 3.8) is 0 Å². The number of carbonyl (C=O) groups is 1. The monoisotopic (exact) mass is 300 g/mol. The van der Waals surface area contributed by atoms with Crippen LogP contribution in [0, 0.1) is 0 Å². The van der Waals surface area contributed by atoms with Crippen molar-refractivity contribution in [2.75, 3.05) is 11.9 Å². The molecular formula is C10H9BrN2O2S. The number of fused-ring (bicyclic) bond motifs is 1. The molecule has 1 aromatic carbocycles. The van der Waals surface area contributed by atoms with Gasteiger partial charge in [-0.1, -0.05) is 27.3 Å². The van der Waals surface area contributed by atoms with Crippen LogP contribution in [-0.2, 0) is 4.79 Å². The normalized spacial score (nSPS) is 10.6. The number of thiazole rings is 1. The van der Waals surface area contributed by atoms with E-state index in [1.54, 1.807) is 0 Å². The van der Waals surface area contributed by atoms with Crippen LogP contribution in [-0.4, -0.2) is 22.6 Å². The van der Waals surface area contributed by atoms with E-state index in [2.05, 4.69) is 26.2 Å². The predicted molar refractivity (Wildman–Crippen MR) is 68.1 cm³/mol. The summed E-state index contributed by atoms with van der Waals surface area (Å²) < 4.78 is 2.09. The highest BCUT2D eigenvalue weighted by Crippen LogP contribution is 2.28. The number of benzene rings is 1. The van der Waals surface area contributed by atoms with Crippen molar-refractivity contribution < 1.29 is 9.90 Å². The Morgan fingerprint density at radius 1 is 1.56 bits per heavy atom. The van der Waals surface area contributed by atoms with Gasteiger partial charge in [-0.3, -0.25) is 4.79 Å². The van der Waals surface area contributed by atoms with E-state index in [1.165, 1.54) is 11.3 Å². The lowest BCUT2D eigenvalue weighted by Crippen LogP contribution is -2.06. The van der Waals surface area contributed by atoms with Gasteiger partial charge in [0.05, 0.1) is 16.6 Å². The van der Waals surface area contributed by atoms with E-state index in [0.717, 1.165) is 19.8 Å². The van der Waals surface area contributed by atoms with Gasteiger partial charge in [-0.2, -0.15) is 0 Å². The molecular weight excluding hydrogens is 292 g/mol. The van der Waals surface area contributed by atoms with Gasteiger partial charge in [0.2, 0.25) is 0 Å². The molecule has 0 bridgehead atoms. The molecule has 4 nitrogen and oxygen atoms in total. The van der Waals surface area contributed by atoms with Crippen molar-refractivity contribution in [3.8, 4) is 0 Å². The first-order valence-electron chi connectivity index (χ1n) is 4.67. The first-order chi connectivity index (χ1) is 7.65. The molecule has 0 aliphatic rings. The van der Waals surface area contributed by atoms with Crippen molar-refractivity contribution in [1.82, 2.24) is 4.98 Å². The van der Waals surface area contributed by atoms with Crippen molar-refractivity contribution in [2.45, 2.75) is 6.42 Å². The minimum atomic E-state index is -0.809. The second-order valence-corrected chi connectivity index (χ2v) is 5.15. The summed E-state index contributed by atoms with van der Waals surface area (Å²) in [4.78, 5) is 14.7. The summed E-state index contributed by atoms with van der Waals surface area (Å²) in [5, 5.41) is 12.3. The van der Waals surface area contributed by atoms with Crippen molar-refractivity contribution in [3.05, 3.63) is 22.7 Å². The maximum Gasteiger partial charge on any atom is 0.305 e. The van der Waals surface area contributed by atoms with Gasteiger partial charge < -0.3 is 10.4 Å². The maximum absolute atomic E-state index is 10.3. The van der Waals surface area contributed by atoms with Crippen LogP contribution in [0.2, 0.25) is 0 Å². The topological polar surface area (TPSA) is 62.2 Å². The van der Waals surface area contributed by atoms with Gasteiger partial charge in [-0.15, -0.1) is 0 Å². The molecule has 0 fully saturated rings. The van der Waals surface area contributed by atoms with E-state index in [0.29, 0.717) is 6.54 Å². The van der Waals surface area contributed by atoms with Gasteiger partial charge in [0.25, 0.3) is 0 Å². The molecule has 0 unspecified atom stereocenters. The molecule has 0 spiro atoms. The number of rotatable bonds is 4. The lowest BCUT2D eigenvalue weighted by Gasteiger charge is -1.97. The van der Waals surface area contributed by atoms with Gasteiger partial charge >= 0.3 is 5.97 Å². The lowest BCUT2D eigenvalue weighted by molar-refractivity contribution is -0.136. The summed E-state index contributed by atoms with van der Waals surface area (Å²) in [5.74, 6) is -0.809. The second-order valence-electron chi connectivity index (χ2n) is 3.20. The zero-order chi connectivity index (χ0) is 11.5. The summed E-state index contributed by atoms with van der Waals surface area (Å²) in [6, 6.07) is 5.86. The van der Waals surface area contributed by atoms with Crippen LogP contribution in [0.1, 0.15) is 6.42 Å². The van der Waals surface area contributed by atoms with Crippen molar-refractivity contribution >= 4 is 48.6 Å². The number of carboxylic acids is 1. The highest BCUT2D eigenvalue weighted by Gasteiger charge is 2.04. The number of aliphatic carboxylic acids is 1. The molecule has 1 aromatic heterocycles. The van der Waals surface area contributed by atoms with Gasteiger partial charge in [-0.05, 0) is 18.2 Å². The van der Waals surface area contributed by atoms with Gasteiger partial charge in [0, 0.05) is 11.0 Å². The quantitative estimate of drug-likeness (QED) is 0.911. The Hall–Kier alpha value is -1.14. The maximum atomic E-state index is 10.3. The van der Waals surface area contributed by atoms with E-state index in [-0.39, 0.29) is 6.42 Å². The third kappa shape index (κ3) is 2.70. The van der Waals surface area contributed by atoms with Crippen LogP contribution >= 0.6 is 27.3 Å². The molecule has 2 rings (SSSR count). The molecule has 1 heterocycles. The molecule has 0 aliphatic heterocycles. The molecule has 6 heteroatoms.